The van der Waals surface area contributed by atoms with Crippen molar-refractivity contribution in [1.82, 2.24) is 14.2 Å². The van der Waals surface area contributed by atoms with E-state index in [2.05, 4.69) is 4.98 Å². The zero-order chi connectivity index (χ0) is 23.2. The molecule has 9 heteroatoms. The van der Waals surface area contributed by atoms with Gasteiger partial charge < -0.3 is 15.0 Å². The number of carbonyl (C=O) groups is 1. The fourth-order valence-electron chi connectivity index (χ4n) is 3.04. The number of hydrogen-bond acceptors (Lipinski definition) is 5. The Balaban J connectivity index is 0.00000107. The van der Waals surface area contributed by atoms with Gasteiger partial charge in [0, 0.05) is 31.2 Å². The third kappa shape index (κ3) is 5.78. The lowest BCUT2D eigenvalue weighted by atomic mass is 10.0. The maximum absolute atomic E-state index is 12.7. The molecule has 2 N–H and O–H groups in total. The highest BCUT2D eigenvalue weighted by Crippen LogP contribution is 2.24. The number of sulfonamides is 1. The largest absolute Gasteiger partial charge is 0.483 e. The van der Waals surface area contributed by atoms with Gasteiger partial charge in [0.15, 0.2) is 0 Å². The first-order valence-electron chi connectivity index (χ1n) is 9.53. The number of fused-ring (bicyclic) bond motifs is 1. The predicted octanol–water partition coefficient (Wildman–Crippen LogP) is 2.39. The van der Waals surface area contributed by atoms with E-state index in [1.54, 1.807) is 37.4 Å². The second-order valence-electron chi connectivity index (χ2n) is 7.31. The fraction of sp³-hybridized carbons (Fsp3) is 0.273. The Kier molecular flexibility index (Phi) is 8.09. The van der Waals surface area contributed by atoms with Crippen molar-refractivity contribution >= 4 is 27.3 Å². The number of pyridine rings is 1. The van der Waals surface area contributed by atoms with Crippen molar-refractivity contribution in [3.8, 4) is 11.3 Å². The molecule has 0 spiro atoms. The molecule has 0 saturated heterocycles. The smallest absolute Gasteiger partial charge is 0.290 e. The van der Waals surface area contributed by atoms with Gasteiger partial charge in [-0.15, -0.1) is 0 Å². The van der Waals surface area contributed by atoms with E-state index in [1.165, 1.54) is 4.31 Å². The number of aryl methyl sites for hydroxylation is 1. The van der Waals surface area contributed by atoms with Gasteiger partial charge >= 0.3 is 0 Å². The number of aromatic amines is 1. The number of rotatable bonds is 6. The third-order valence-corrected chi connectivity index (χ3v) is 6.71. The molecule has 2 aromatic carbocycles. The van der Waals surface area contributed by atoms with Gasteiger partial charge in [0.25, 0.3) is 12.0 Å². The van der Waals surface area contributed by atoms with Crippen molar-refractivity contribution in [3.05, 3.63) is 64.4 Å². The number of aromatic nitrogens is 1. The van der Waals surface area contributed by atoms with Gasteiger partial charge in [-0.1, -0.05) is 24.3 Å². The molecule has 1 aromatic heterocycles. The molecule has 0 amide bonds. The van der Waals surface area contributed by atoms with Crippen LogP contribution in [0.4, 0.5) is 0 Å². The van der Waals surface area contributed by atoms with Crippen LogP contribution < -0.4 is 5.56 Å². The summed E-state index contributed by atoms with van der Waals surface area (Å²) in [6, 6.07) is 14.2. The van der Waals surface area contributed by atoms with Crippen LogP contribution in [0.1, 0.15) is 5.56 Å². The summed E-state index contributed by atoms with van der Waals surface area (Å²) in [6.45, 7) is 2.77. The minimum Gasteiger partial charge on any atom is -0.483 e. The lowest BCUT2D eigenvalue weighted by Crippen LogP contribution is -2.33. The summed E-state index contributed by atoms with van der Waals surface area (Å²) in [6.07, 6.45) is 0. The third-order valence-electron chi connectivity index (χ3n) is 4.84. The van der Waals surface area contributed by atoms with Gasteiger partial charge in [0.1, 0.15) is 0 Å². The number of nitrogens with zero attached hydrogens (tertiary/aromatic N) is 2. The molecule has 8 nitrogen and oxygen atoms in total. The van der Waals surface area contributed by atoms with Crippen LogP contribution in [0.25, 0.3) is 22.0 Å². The van der Waals surface area contributed by atoms with Crippen LogP contribution in [0.15, 0.2) is 58.2 Å². The minimum atomic E-state index is -3.55. The minimum absolute atomic E-state index is 0.156. The van der Waals surface area contributed by atoms with Crippen LogP contribution in [-0.2, 0) is 14.8 Å². The Labute approximate surface area is 181 Å². The SMILES string of the molecule is Cc1cccc2c(=O)[nH]c(-c3ccc(S(=O)(=O)N(C)CCN(C)C)cc3)cc12.O=CO. The van der Waals surface area contributed by atoms with Gasteiger partial charge in [-0.25, -0.2) is 8.42 Å². The average molecular weight is 446 g/mol. The average Bonchev–Trinajstić information content (AvgIpc) is 2.73. The van der Waals surface area contributed by atoms with Crippen molar-refractivity contribution < 1.29 is 18.3 Å². The molecule has 0 bridgehead atoms. The zero-order valence-electron chi connectivity index (χ0n) is 18.0. The first-order valence-corrected chi connectivity index (χ1v) is 11.0. The van der Waals surface area contributed by atoms with E-state index in [1.807, 2.05) is 44.1 Å². The molecule has 0 aliphatic rings. The maximum Gasteiger partial charge on any atom is 0.290 e. The van der Waals surface area contributed by atoms with E-state index in [-0.39, 0.29) is 16.9 Å². The molecule has 0 unspecified atom stereocenters. The van der Waals surface area contributed by atoms with Gasteiger partial charge in [-0.3, -0.25) is 9.59 Å². The molecule has 3 aromatic rings. The second-order valence-corrected chi connectivity index (χ2v) is 9.35. The Hall–Kier alpha value is -3.01. The summed E-state index contributed by atoms with van der Waals surface area (Å²) in [5.74, 6) is 0. The second kappa shape index (κ2) is 10.3. The fourth-order valence-corrected chi connectivity index (χ4v) is 4.21. The van der Waals surface area contributed by atoms with E-state index in [0.717, 1.165) is 16.5 Å². The lowest BCUT2D eigenvalue weighted by Gasteiger charge is -2.19. The molecule has 166 valence electrons. The molecular formula is C22H27N3O5S. The Morgan fingerprint density at radius 3 is 2.19 bits per heavy atom. The predicted molar refractivity (Wildman–Crippen MR) is 122 cm³/mol. The molecule has 0 radical (unpaired) electrons. The van der Waals surface area contributed by atoms with Crippen molar-refractivity contribution in [2.75, 3.05) is 34.2 Å². The molecule has 3 rings (SSSR count). The first-order chi connectivity index (χ1) is 14.6. The Morgan fingerprint density at radius 1 is 1.00 bits per heavy atom. The normalized spacial score (nSPS) is 11.4. The van der Waals surface area contributed by atoms with E-state index in [9.17, 15) is 13.2 Å². The quantitative estimate of drug-likeness (QED) is 0.564. The number of H-pyrrole nitrogens is 1. The van der Waals surface area contributed by atoms with Crippen molar-refractivity contribution in [2.24, 2.45) is 0 Å². The summed E-state index contributed by atoms with van der Waals surface area (Å²) < 4.78 is 26.8. The number of hydrogen-bond donors (Lipinski definition) is 2. The van der Waals surface area contributed by atoms with Crippen molar-refractivity contribution in [2.45, 2.75) is 11.8 Å². The van der Waals surface area contributed by atoms with Gasteiger partial charge in [-0.05, 0) is 61.8 Å². The Bertz CT molecular complexity index is 1200. The highest BCUT2D eigenvalue weighted by molar-refractivity contribution is 7.89. The van der Waals surface area contributed by atoms with Crippen LogP contribution in [0, 0.1) is 6.92 Å². The van der Waals surface area contributed by atoms with Gasteiger partial charge in [0.2, 0.25) is 10.0 Å². The van der Waals surface area contributed by atoms with Gasteiger partial charge in [0.05, 0.1) is 4.90 Å². The molecular weight excluding hydrogens is 418 g/mol. The standard InChI is InChI=1S/C21H25N3O3S.CH2O2/c1-15-6-5-7-18-19(15)14-20(22-21(18)25)16-8-10-17(11-9-16)28(26,27)24(4)13-12-23(2)3;2-1-3/h5-11,14H,12-13H2,1-4H3,(H,22,25);1H,(H,2,3). The maximum atomic E-state index is 12.7. The number of carboxylic acid groups (broad SMARTS) is 1. The Morgan fingerprint density at radius 2 is 1.61 bits per heavy atom. The van der Waals surface area contributed by atoms with E-state index >= 15 is 0 Å². The summed E-state index contributed by atoms with van der Waals surface area (Å²) in [5, 5.41) is 8.42. The molecule has 0 saturated carbocycles. The van der Waals surface area contributed by atoms with Crippen LogP contribution in [-0.4, -0.2) is 68.4 Å². The molecule has 31 heavy (non-hydrogen) atoms. The highest BCUT2D eigenvalue weighted by Gasteiger charge is 2.20. The molecule has 0 aliphatic heterocycles. The zero-order valence-corrected chi connectivity index (χ0v) is 18.8. The van der Waals surface area contributed by atoms with Crippen LogP contribution in [0.2, 0.25) is 0 Å². The van der Waals surface area contributed by atoms with E-state index in [0.29, 0.717) is 24.2 Å². The molecule has 0 aliphatic carbocycles. The van der Waals surface area contributed by atoms with E-state index < -0.39 is 10.0 Å². The van der Waals surface area contributed by atoms with Crippen LogP contribution in [0.3, 0.4) is 0 Å². The number of likely N-dealkylation sites (N-methyl/N-ethyl adjacent to an activating group) is 2. The van der Waals surface area contributed by atoms with Crippen molar-refractivity contribution in [1.29, 1.82) is 0 Å². The van der Waals surface area contributed by atoms with Crippen LogP contribution in [0.5, 0.6) is 0 Å². The number of benzene rings is 2. The topological polar surface area (TPSA) is 111 Å². The monoisotopic (exact) mass is 445 g/mol. The van der Waals surface area contributed by atoms with Crippen molar-refractivity contribution in [3.63, 3.8) is 0 Å². The summed E-state index contributed by atoms with van der Waals surface area (Å²) in [4.78, 5) is 25.8. The van der Waals surface area contributed by atoms with E-state index in [4.69, 9.17) is 9.90 Å². The first kappa shape index (κ1) is 24.3. The summed E-state index contributed by atoms with van der Waals surface area (Å²) in [7, 11) is 1.84. The number of nitrogens with one attached hydrogen (secondary N) is 1. The summed E-state index contributed by atoms with van der Waals surface area (Å²) >= 11 is 0. The molecule has 0 fully saturated rings. The van der Waals surface area contributed by atoms with Crippen LogP contribution >= 0.6 is 0 Å². The highest BCUT2D eigenvalue weighted by atomic mass is 32.2. The molecule has 1 heterocycles. The summed E-state index contributed by atoms with van der Waals surface area (Å²) in [5.41, 5.74) is 2.29. The van der Waals surface area contributed by atoms with Gasteiger partial charge in [-0.2, -0.15) is 4.31 Å². The molecule has 0 atom stereocenters. The lowest BCUT2D eigenvalue weighted by molar-refractivity contribution is -0.122.